The molecule has 0 saturated heterocycles. The van der Waals surface area contributed by atoms with Gasteiger partial charge in [-0.2, -0.15) is 0 Å². The summed E-state index contributed by atoms with van der Waals surface area (Å²) in [5.41, 5.74) is 0. The van der Waals surface area contributed by atoms with E-state index >= 15 is 0 Å². The largest absolute Gasteiger partial charge is 0.363 e. The molecule has 2 nitrogen and oxygen atoms in total. The van der Waals surface area contributed by atoms with Crippen molar-refractivity contribution >= 4 is 6.34 Å². The Labute approximate surface area is 96.1 Å². The summed E-state index contributed by atoms with van der Waals surface area (Å²) in [7, 11) is 2.07. The quantitative estimate of drug-likeness (QED) is 0.560. The van der Waals surface area contributed by atoms with E-state index in [4.69, 9.17) is 0 Å². The van der Waals surface area contributed by atoms with E-state index in [-0.39, 0.29) is 0 Å². The number of nitrogens with zero attached hydrogens (tertiary/aromatic N) is 2. The van der Waals surface area contributed by atoms with Crippen LogP contribution in [0.2, 0.25) is 0 Å². The monoisotopic (exact) mass is 212 g/mol. The van der Waals surface area contributed by atoms with Gasteiger partial charge in [0.1, 0.15) is 0 Å². The fraction of sp³-hybridized carbons (Fsp3) is 0.769. The van der Waals surface area contributed by atoms with Crippen molar-refractivity contribution in [1.82, 2.24) is 4.90 Å². The third-order valence-electron chi connectivity index (χ3n) is 2.46. The number of aliphatic imine (C=N–C) groups is 1. The lowest BCUT2D eigenvalue weighted by atomic mass is 10.0. The second kappa shape index (κ2) is 11.3. The first-order chi connectivity index (χ1) is 7.13. The SMILES string of the molecule is CC.CC1CN=CN(C)C1C.CC=CC. The maximum absolute atomic E-state index is 4.19. The Balaban J connectivity index is 0. The molecule has 1 aliphatic rings. The van der Waals surface area contributed by atoms with E-state index in [9.17, 15) is 0 Å². The molecule has 1 aliphatic heterocycles. The molecular formula is C13H28N2. The zero-order valence-corrected chi connectivity index (χ0v) is 11.5. The standard InChI is InChI=1S/C7H14N2.C4H8.C2H6/c1-6-4-8-5-9(3)7(6)2;1-3-4-2;1-2/h5-7H,4H2,1-3H3;3-4H,1-2H3;1-2H3. The Morgan fingerprint density at radius 3 is 1.93 bits per heavy atom. The maximum atomic E-state index is 4.19. The Bertz CT molecular complexity index is 169. The van der Waals surface area contributed by atoms with Gasteiger partial charge in [0.2, 0.25) is 0 Å². The first kappa shape index (κ1) is 16.6. The van der Waals surface area contributed by atoms with Crippen LogP contribution in [0.4, 0.5) is 0 Å². The van der Waals surface area contributed by atoms with Crippen LogP contribution < -0.4 is 0 Å². The third-order valence-corrected chi connectivity index (χ3v) is 2.46. The third kappa shape index (κ3) is 8.22. The van der Waals surface area contributed by atoms with Crippen molar-refractivity contribution in [2.24, 2.45) is 10.9 Å². The molecule has 2 unspecified atom stereocenters. The Kier molecular flexibility index (Phi) is 12.5. The van der Waals surface area contributed by atoms with Crippen molar-refractivity contribution in [2.45, 2.75) is 47.6 Å². The van der Waals surface area contributed by atoms with E-state index in [1.807, 2.05) is 46.2 Å². The van der Waals surface area contributed by atoms with Gasteiger partial charge in [-0.05, 0) is 26.7 Å². The molecule has 0 amide bonds. The van der Waals surface area contributed by atoms with Gasteiger partial charge < -0.3 is 4.90 Å². The topological polar surface area (TPSA) is 15.6 Å². The van der Waals surface area contributed by atoms with E-state index < -0.39 is 0 Å². The molecule has 15 heavy (non-hydrogen) atoms. The molecule has 2 heteroatoms. The van der Waals surface area contributed by atoms with E-state index in [1.54, 1.807) is 0 Å². The zero-order valence-electron chi connectivity index (χ0n) is 11.5. The second-order valence-electron chi connectivity index (χ2n) is 3.53. The molecule has 0 aromatic carbocycles. The molecular weight excluding hydrogens is 184 g/mol. The van der Waals surface area contributed by atoms with Crippen molar-refractivity contribution < 1.29 is 0 Å². The van der Waals surface area contributed by atoms with Crippen LogP contribution in [0.3, 0.4) is 0 Å². The van der Waals surface area contributed by atoms with Crippen LogP contribution >= 0.6 is 0 Å². The van der Waals surface area contributed by atoms with Crippen molar-refractivity contribution in [3.8, 4) is 0 Å². The van der Waals surface area contributed by atoms with Gasteiger partial charge in [0.25, 0.3) is 0 Å². The van der Waals surface area contributed by atoms with Crippen molar-refractivity contribution in [1.29, 1.82) is 0 Å². The van der Waals surface area contributed by atoms with Gasteiger partial charge in [0.05, 0.1) is 6.34 Å². The minimum atomic E-state index is 0.655. The average Bonchev–Trinajstić information content (AvgIpc) is 2.29. The van der Waals surface area contributed by atoms with Crippen LogP contribution in [0.25, 0.3) is 0 Å². The fourth-order valence-electron chi connectivity index (χ4n) is 1.00. The van der Waals surface area contributed by atoms with Gasteiger partial charge in [-0.15, -0.1) is 0 Å². The Morgan fingerprint density at radius 1 is 1.20 bits per heavy atom. The van der Waals surface area contributed by atoms with Crippen molar-refractivity contribution in [3.05, 3.63) is 12.2 Å². The van der Waals surface area contributed by atoms with Crippen LogP contribution in [0, 0.1) is 5.92 Å². The molecule has 0 aromatic rings. The first-order valence-electron chi connectivity index (χ1n) is 5.92. The molecule has 2 atom stereocenters. The van der Waals surface area contributed by atoms with Gasteiger partial charge in [0, 0.05) is 19.6 Å². The number of hydrogen-bond acceptors (Lipinski definition) is 2. The highest BCUT2D eigenvalue weighted by molar-refractivity contribution is 5.55. The number of hydrogen-bond donors (Lipinski definition) is 0. The summed E-state index contributed by atoms with van der Waals surface area (Å²) >= 11 is 0. The molecule has 90 valence electrons. The van der Waals surface area contributed by atoms with Crippen molar-refractivity contribution in [3.63, 3.8) is 0 Å². The normalized spacial score (nSPS) is 24.1. The molecule has 0 radical (unpaired) electrons. The fourth-order valence-corrected chi connectivity index (χ4v) is 1.00. The predicted molar refractivity (Wildman–Crippen MR) is 71.6 cm³/mol. The summed E-state index contributed by atoms with van der Waals surface area (Å²) in [4.78, 5) is 6.35. The van der Waals surface area contributed by atoms with Gasteiger partial charge in [-0.3, -0.25) is 4.99 Å². The molecule has 0 N–H and O–H groups in total. The van der Waals surface area contributed by atoms with Crippen LogP contribution in [-0.4, -0.2) is 30.9 Å². The minimum absolute atomic E-state index is 0.655. The lowest BCUT2D eigenvalue weighted by Gasteiger charge is -2.30. The molecule has 0 bridgehead atoms. The van der Waals surface area contributed by atoms with Gasteiger partial charge in [0.15, 0.2) is 0 Å². The van der Waals surface area contributed by atoms with Crippen LogP contribution in [0.1, 0.15) is 41.5 Å². The lowest BCUT2D eigenvalue weighted by molar-refractivity contribution is 0.287. The lowest BCUT2D eigenvalue weighted by Crippen LogP contribution is -2.38. The van der Waals surface area contributed by atoms with Crippen molar-refractivity contribution in [2.75, 3.05) is 13.6 Å². The van der Waals surface area contributed by atoms with E-state index in [1.165, 1.54) is 0 Å². The first-order valence-corrected chi connectivity index (χ1v) is 5.92. The summed E-state index contributed by atoms with van der Waals surface area (Å²) in [6.07, 6.45) is 5.92. The molecule has 0 spiro atoms. The van der Waals surface area contributed by atoms with Crippen LogP contribution in [-0.2, 0) is 0 Å². The Morgan fingerprint density at radius 2 is 1.67 bits per heavy atom. The summed E-state index contributed by atoms with van der Waals surface area (Å²) in [5, 5.41) is 0. The number of rotatable bonds is 0. The van der Waals surface area contributed by atoms with Gasteiger partial charge in [-0.1, -0.05) is 32.9 Å². The number of allylic oxidation sites excluding steroid dienone is 2. The van der Waals surface area contributed by atoms with E-state index in [0.717, 1.165) is 6.54 Å². The molecule has 0 aliphatic carbocycles. The zero-order chi connectivity index (χ0) is 12.3. The molecule has 0 fully saturated rings. The van der Waals surface area contributed by atoms with Crippen LogP contribution in [0.5, 0.6) is 0 Å². The smallest absolute Gasteiger partial charge is 0.0849 e. The van der Waals surface area contributed by atoms with E-state index in [2.05, 4.69) is 30.8 Å². The average molecular weight is 212 g/mol. The molecule has 1 rings (SSSR count). The summed E-state index contributed by atoms with van der Waals surface area (Å²) in [6.45, 7) is 13.5. The highest BCUT2D eigenvalue weighted by Crippen LogP contribution is 2.11. The summed E-state index contributed by atoms with van der Waals surface area (Å²) in [5.74, 6) is 0.708. The molecule has 1 heterocycles. The van der Waals surface area contributed by atoms with Crippen LogP contribution in [0.15, 0.2) is 17.1 Å². The van der Waals surface area contributed by atoms with Gasteiger partial charge >= 0.3 is 0 Å². The highest BCUT2D eigenvalue weighted by Gasteiger charge is 2.17. The maximum Gasteiger partial charge on any atom is 0.0849 e. The predicted octanol–water partition coefficient (Wildman–Crippen LogP) is 3.59. The Hall–Kier alpha value is -0.790. The second-order valence-corrected chi connectivity index (χ2v) is 3.53. The summed E-state index contributed by atoms with van der Waals surface area (Å²) in [6, 6.07) is 0.655. The summed E-state index contributed by atoms with van der Waals surface area (Å²) < 4.78 is 0. The molecule has 0 aromatic heterocycles. The van der Waals surface area contributed by atoms with Gasteiger partial charge in [-0.25, -0.2) is 0 Å². The van der Waals surface area contributed by atoms with E-state index in [0.29, 0.717) is 12.0 Å². The molecule has 0 saturated carbocycles. The highest BCUT2D eigenvalue weighted by atomic mass is 15.2. The minimum Gasteiger partial charge on any atom is -0.363 e.